The zero-order chi connectivity index (χ0) is 14.0. The molecule has 19 heavy (non-hydrogen) atoms. The predicted molar refractivity (Wildman–Crippen MR) is 80.8 cm³/mol. The van der Waals surface area contributed by atoms with Crippen molar-refractivity contribution in [3.8, 4) is 11.5 Å². The van der Waals surface area contributed by atoms with Crippen LogP contribution in [0.5, 0.6) is 11.5 Å². The molecule has 2 rings (SSSR count). The van der Waals surface area contributed by atoms with E-state index in [0.29, 0.717) is 5.11 Å². The molecule has 4 nitrogen and oxygen atoms in total. The third kappa shape index (κ3) is 3.50. The summed E-state index contributed by atoms with van der Waals surface area (Å²) in [7, 11) is 0. The average molecular weight is 280 g/mol. The van der Waals surface area contributed by atoms with Gasteiger partial charge in [-0.15, -0.1) is 0 Å². The van der Waals surface area contributed by atoms with E-state index in [0.717, 1.165) is 17.2 Å². The molecule has 0 saturated heterocycles. The highest BCUT2D eigenvalue weighted by Gasteiger charge is 2.20. The Morgan fingerprint density at radius 3 is 2.63 bits per heavy atom. The number of benzene rings is 1. The summed E-state index contributed by atoms with van der Waals surface area (Å²) in [4.78, 5) is 0. The lowest BCUT2D eigenvalue weighted by Gasteiger charge is -2.29. The summed E-state index contributed by atoms with van der Waals surface area (Å²) in [6, 6.07) is 5.96. The van der Waals surface area contributed by atoms with Gasteiger partial charge in [0.05, 0.1) is 0 Å². The lowest BCUT2D eigenvalue weighted by molar-refractivity contribution is 0.174. The van der Waals surface area contributed by atoms with Crippen LogP contribution in [0.1, 0.15) is 27.7 Å². The van der Waals surface area contributed by atoms with Gasteiger partial charge in [0.25, 0.3) is 0 Å². The van der Waals surface area contributed by atoms with Crippen LogP contribution in [0.25, 0.3) is 0 Å². The van der Waals surface area contributed by atoms with E-state index in [9.17, 15) is 0 Å². The van der Waals surface area contributed by atoms with Gasteiger partial charge in [0, 0.05) is 17.8 Å². The lowest BCUT2D eigenvalue weighted by Crippen LogP contribution is -2.43. The molecule has 1 aliphatic rings. The zero-order valence-corrected chi connectivity index (χ0v) is 12.6. The second-order valence-electron chi connectivity index (χ2n) is 5.75. The minimum absolute atomic E-state index is 0.153. The Morgan fingerprint density at radius 2 is 1.95 bits per heavy atom. The van der Waals surface area contributed by atoms with E-state index in [1.807, 2.05) is 18.2 Å². The minimum Gasteiger partial charge on any atom is -0.454 e. The van der Waals surface area contributed by atoms with Crippen molar-refractivity contribution in [3.05, 3.63) is 18.2 Å². The maximum absolute atomic E-state index is 5.33. The fraction of sp³-hybridized carbons (Fsp3) is 0.500. The molecule has 1 aromatic carbocycles. The summed E-state index contributed by atoms with van der Waals surface area (Å²) in [6.07, 6.45) is 0. The van der Waals surface area contributed by atoms with Gasteiger partial charge in [-0.05, 0) is 36.7 Å². The van der Waals surface area contributed by atoms with Crippen LogP contribution in [-0.2, 0) is 0 Å². The Hall–Kier alpha value is -1.49. The predicted octanol–water partition coefficient (Wildman–Crippen LogP) is 3.14. The quantitative estimate of drug-likeness (QED) is 0.815. The molecule has 1 heterocycles. The van der Waals surface area contributed by atoms with Gasteiger partial charge < -0.3 is 20.1 Å². The molecule has 0 aliphatic carbocycles. The van der Waals surface area contributed by atoms with Crippen LogP contribution in [0, 0.1) is 5.41 Å². The van der Waals surface area contributed by atoms with Gasteiger partial charge in [0.15, 0.2) is 16.6 Å². The van der Waals surface area contributed by atoms with E-state index < -0.39 is 0 Å². The standard InChI is InChI=1S/C14H20N2O2S/c1-9(14(2,3)4)15-13(19)16-10-5-6-11-12(7-10)18-8-17-11/h5-7,9H,8H2,1-4H3,(H2,15,16,19). The number of nitrogens with one attached hydrogen (secondary N) is 2. The van der Waals surface area contributed by atoms with E-state index in [1.54, 1.807) is 0 Å². The van der Waals surface area contributed by atoms with Gasteiger partial charge >= 0.3 is 0 Å². The first-order chi connectivity index (χ1) is 8.86. The summed E-state index contributed by atoms with van der Waals surface area (Å²) in [5.41, 5.74) is 1.04. The van der Waals surface area contributed by atoms with Crippen molar-refractivity contribution in [2.24, 2.45) is 5.41 Å². The first-order valence-electron chi connectivity index (χ1n) is 6.33. The number of thiocarbonyl (C=S) groups is 1. The van der Waals surface area contributed by atoms with Crippen LogP contribution in [0.4, 0.5) is 5.69 Å². The van der Waals surface area contributed by atoms with Crippen molar-refractivity contribution in [2.75, 3.05) is 12.1 Å². The third-order valence-electron chi connectivity index (χ3n) is 3.28. The molecule has 0 bridgehead atoms. The highest BCUT2D eigenvalue weighted by molar-refractivity contribution is 7.80. The highest BCUT2D eigenvalue weighted by Crippen LogP contribution is 2.34. The van der Waals surface area contributed by atoms with Crippen LogP contribution in [0.2, 0.25) is 0 Å². The molecule has 104 valence electrons. The lowest BCUT2D eigenvalue weighted by atomic mass is 9.88. The number of ether oxygens (including phenoxy) is 2. The highest BCUT2D eigenvalue weighted by atomic mass is 32.1. The molecule has 1 aliphatic heterocycles. The van der Waals surface area contributed by atoms with Crippen molar-refractivity contribution in [1.82, 2.24) is 5.32 Å². The molecule has 1 unspecified atom stereocenters. The van der Waals surface area contributed by atoms with Gasteiger partial charge in [-0.1, -0.05) is 20.8 Å². The average Bonchev–Trinajstić information content (AvgIpc) is 2.74. The van der Waals surface area contributed by atoms with E-state index >= 15 is 0 Å². The number of anilines is 1. The summed E-state index contributed by atoms with van der Waals surface area (Å²) < 4.78 is 10.6. The van der Waals surface area contributed by atoms with Crippen molar-refractivity contribution in [1.29, 1.82) is 0 Å². The summed E-state index contributed by atoms with van der Waals surface area (Å²) in [5, 5.41) is 7.06. The number of fused-ring (bicyclic) bond motifs is 1. The van der Waals surface area contributed by atoms with E-state index in [-0.39, 0.29) is 18.2 Å². The van der Waals surface area contributed by atoms with Crippen molar-refractivity contribution in [3.63, 3.8) is 0 Å². The van der Waals surface area contributed by atoms with Crippen LogP contribution < -0.4 is 20.1 Å². The van der Waals surface area contributed by atoms with E-state index in [1.165, 1.54) is 0 Å². The maximum Gasteiger partial charge on any atom is 0.231 e. The molecule has 0 amide bonds. The van der Waals surface area contributed by atoms with Crippen molar-refractivity contribution < 1.29 is 9.47 Å². The first kappa shape index (κ1) is 13.9. The second-order valence-corrected chi connectivity index (χ2v) is 6.16. The Morgan fingerprint density at radius 1 is 1.26 bits per heavy atom. The topological polar surface area (TPSA) is 42.5 Å². The normalized spacial score (nSPS) is 14.9. The molecule has 0 fully saturated rings. The molecule has 5 heteroatoms. The maximum atomic E-state index is 5.33. The van der Waals surface area contributed by atoms with Crippen LogP contribution in [0.15, 0.2) is 18.2 Å². The molecule has 0 saturated carbocycles. The molecular formula is C14H20N2O2S. The van der Waals surface area contributed by atoms with Crippen molar-refractivity contribution in [2.45, 2.75) is 33.7 Å². The van der Waals surface area contributed by atoms with Crippen LogP contribution >= 0.6 is 12.2 Å². The third-order valence-corrected chi connectivity index (χ3v) is 3.50. The molecule has 0 spiro atoms. The van der Waals surface area contributed by atoms with E-state index in [2.05, 4.69) is 38.3 Å². The summed E-state index contributed by atoms with van der Waals surface area (Å²) >= 11 is 5.31. The van der Waals surface area contributed by atoms with Gasteiger partial charge in [0.2, 0.25) is 6.79 Å². The van der Waals surface area contributed by atoms with E-state index in [4.69, 9.17) is 21.7 Å². The molecule has 0 radical (unpaired) electrons. The van der Waals surface area contributed by atoms with Gasteiger partial charge in [-0.25, -0.2) is 0 Å². The van der Waals surface area contributed by atoms with Gasteiger partial charge in [0.1, 0.15) is 0 Å². The largest absolute Gasteiger partial charge is 0.454 e. The zero-order valence-electron chi connectivity index (χ0n) is 11.7. The SMILES string of the molecule is CC(NC(=S)Nc1ccc2c(c1)OCO2)C(C)(C)C. The van der Waals surface area contributed by atoms with Gasteiger partial charge in [-0.2, -0.15) is 0 Å². The Kier molecular flexibility index (Phi) is 3.85. The fourth-order valence-electron chi connectivity index (χ4n) is 1.55. The van der Waals surface area contributed by atoms with Crippen molar-refractivity contribution >= 4 is 23.0 Å². The molecule has 2 N–H and O–H groups in total. The Bertz CT molecular complexity index is 483. The monoisotopic (exact) mass is 280 g/mol. The summed E-state index contributed by atoms with van der Waals surface area (Å²) in [5.74, 6) is 1.52. The summed E-state index contributed by atoms with van der Waals surface area (Å²) in [6.45, 7) is 8.92. The molecular weight excluding hydrogens is 260 g/mol. The molecule has 1 aromatic rings. The smallest absolute Gasteiger partial charge is 0.231 e. The number of hydrogen-bond acceptors (Lipinski definition) is 3. The number of rotatable bonds is 2. The molecule has 0 aromatic heterocycles. The number of hydrogen-bond donors (Lipinski definition) is 2. The molecule has 1 atom stereocenters. The second kappa shape index (κ2) is 5.25. The van der Waals surface area contributed by atoms with Gasteiger partial charge in [-0.3, -0.25) is 0 Å². The first-order valence-corrected chi connectivity index (χ1v) is 6.74. The Balaban J connectivity index is 1.96. The minimum atomic E-state index is 0.153. The van der Waals surface area contributed by atoms with Crippen LogP contribution in [0.3, 0.4) is 0 Å². The fourth-order valence-corrected chi connectivity index (χ4v) is 1.85. The van der Waals surface area contributed by atoms with Crippen LogP contribution in [-0.4, -0.2) is 17.9 Å². The Labute approximate surface area is 119 Å².